The van der Waals surface area contributed by atoms with Crippen molar-refractivity contribution in [2.75, 3.05) is 6.54 Å². The van der Waals surface area contributed by atoms with Gasteiger partial charge in [0.1, 0.15) is 0 Å². The van der Waals surface area contributed by atoms with Gasteiger partial charge in [-0.3, -0.25) is 0 Å². The molecule has 1 aliphatic rings. The molecule has 1 aliphatic heterocycles. The molecule has 0 radical (unpaired) electrons. The second kappa shape index (κ2) is 5.91. The first kappa shape index (κ1) is 14.5. The van der Waals surface area contributed by atoms with Gasteiger partial charge in [-0.05, 0) is 46.7 Å². The molecular weight excluding hydrogens is 322 g/mol. The Bertz CT molecular complexity index is 1150. The molecule has 1 N–H and O–H groups in total. The highest BCUT2D eigenvalue weighted by molar-refractivity contribution is 7.26. The predicted octanol–water partition coefficient (Wildman–Crippen LogP) is 6.22. The van der Waals surface area contributed by atoms with Gasteiger partial charge >= 0.3 is 0 Å². The maximum atomic E-state index is 3.29. The van der Waals surface area contributed by atoms with E-state index in [0.29, 0.717) is 0 Å². The lowest BCUT2D eigenvalue weighted by Crippen LogP contribution is -2.11. The molecule has 3 aromatic carbocycles. The Morgan fingerprint density at radius 3 is 2.56 bits per heavy atom. The fourth-order valence-electron chi connectivity index (χ4n) is 3.52. The van der Waals surface area contributed by atoms with Gasteiger partial charge in [-0.25, -0.2) is 0 Å². The van der Waals surface area contributed by atoms with Gasteiger partial charge in [-0.2, -0.15) is 0 Å². The molecule has 0 saturated heterocycles. The Balaban J connectivity index is 1.71. The number of fused-ring (bicyclic) bond motifs is 3. The minimum Gasteiger partial charge on any atom is -0.387 e. The molecule has 0 atom stereocenters. The molecule has 1 aromatic heterocycles. The van der Waals surface area contributed by atoms with Crippen molar-refractivity contribution in [3.8, 4) is 11.1 Å². The summed E-state index contributed by atoms with van der Waals surface area (Å²) in [4.78, 5) is 0. The standard InChI is InChI=1S/C23H17NS/c1-2-12-22-20(9-1)21-11-4-10-19(23(21)25-22)17-7-3-6-16(14-17)18-8-5-13-24-15-18/h1-14,24H,15H2. The number of hydrogen-bond acceptors (Lipinski definition) is 2. The molecular formula is C23H17NS. The summed E-state index contributed by atoms with van der Waals surface area (Å²) in [7, 11) is 0. The van der Waals surface area contributed by atoms with E-state index in [1.54, 1.807) is 0 Å². The largest absolute Gasteiger partial charge is 0.387 e. The number of thiophene rings is 1. The summed E-state index contributed by atoms with van der Waals surface area (Å²) in [6.45, 7) is 0.882. The number of hydrogen-bond donors (Lipinski definition) is 1. The van der Waals surface area contributed by atoms with Crippen molar-refractivity contribution >= 4 is 37.1 Å². The lowest BCUT2D eigenvalue weighted by molar-refractivity contribution is 0.986. The highest BCUT2D eigenvalue weighted by Gasteiger charge is 2.11. The van der Waals surface area contributed by atoms with Crippen molar-refractivity contribution in [3.05, 3.63) is 90.6 Å². The second-order valence-corrected chi connectivity index (χ2v) is 7.35. The quantitative estimate of drug-likeness (QED) is 0.457. The zero-order valence-corrected chi connectivity index (χ0v) is 14.5. The van der Waals surface area contributed by atoms with Crippen LogP contribution >= 0.6 is 11.3 Å². The topological polar surface area (TPSA) is 12.0 Å². The number of benzene rings is 3. The van der Waals surface area contributed by atoms with E-state index in [9.17, 15) is 0 Å². The zero-order valence-electron chi connectivity index (χ0n) is 13.7. The van der Waals surface area contributed by atoms with E-state index in [4.69, 9.17) is 0 Å². The van der Waals surface area contributed by atoms with Gasteiger partial charge in [-0.15, -0.1) is 11.3 Å². The molecule has 0 bridgehead atoms. The Kier molecular flexibility index (Phi) is 3.43. The van der Waals surface area contributed by atoms with Crippen LogP contribution in [0.5, 0.6) is 0 Å². The highest BCUT2D eigenvalue weighted by atomic mass is 32.1. The molecule has 2 heterocycles. The summed E-state index contributed by atoms with van der Waals surface area (Å²) in [5, 5.41) is 6.00. The molecule has 0 saturated carbocycles. The van der Waals surface area contributed by atoms with Crippen LogP contribution in [0.15, 0.2) is 85.1 Å². The number of rotatable bonds is 2. The Morgan fingerprint density at radius 1 is 0.800 bits per heavy atom. The maximum absolute atomic E-state index is 3.29. The lowest BCUT2D eigenvalue weighted by Gasteiger charge is -2.12. The molecule has 5 rings (SSSR count). The average molecular weight is 339 g/mol. The van der Waals surface area contributed by atoms with Crippen LogP contribution in [-0.2, 0) is 0 Å². The van der Waals surface area contributed by atoms with E-state index in [0.717, 1.165) is 6.54 Å². The summed E-state index contributed by atoms with van der Waals surface area (Å²) < 4.78 is 2.72. The van der Waals surface area contributed by atoms with Crippen LogP contribution in [0, 0.1) is 0 Å². The van der Waals surface area contributed by atoms with Crippen LogP contribution in [0.4, 0.5) is 0 Å². The summed E-state index contributed by atoms with van der Waals surface area (Å²) in [6, 6.07) is 24.2. The third-order valence-corrected chi connectivity index (χ3v) is 5.97. The molecule has 0 aliphatic carbocycles. The molecule has 25 heavy (non-hydrogen) atoms. The minimum absolute atomic E-state index is 0.882. The van der Waals surface area contributed by atoms with Crippen LogP contribution < -0.4 is 5.32 Å². The van der Waals surface area contributed by atoms with Crippen molar-refractivity contribution in [3.63, 3.8) is 0 Å². The smallest absolute Gasteiger partial charge is 0.0433 e. The van der Waals surface area contributed by atoms with Gasteiger partial charge in [0.25, 0.3) is 0 Å². The van der Waals surface area contributed by atoms with Gasteiger partial charge in [0, 0.05) is 26.7 Å². The zero-order chi connectivity index (χ0) is 16.6. The van der Waals surface area contributed by atoms with Crippen molar-refractivity contribution < 1.29 is 0 Å². The normalized spacial score (nSPS) is 13.8. The molecule has 0 fully saturated rings. The highest BCUT2D eigenvalue weighted by Crippen LogP contribution is 2.40. The second-order valence-electron chi connectivity index (χ2n) is 6.29. The van der Waals surface area contributed by atoms with Gasteiger partial charge in [0.05, 0.1) is 0 Å². The van der Waals surface area contributed by atoms with E-state index < -0.39 is 0 Å². The summed E-state index contributed by atoms with van der Waals surface area (Å²) in [5.41, 5.74) is 5.21. The van der Waals surface area contributed by atoms with Crippen molar-refractivity contribution in [1.29, 1.82) is 0 Å². The van der Waals surface area contributed by atoms with Crippen molar-refractivity contribution in [2.24, 2.45) is 0 Å². The molecule has 0 amide bonds. The Labute approximate surface area is 150 Å². The summed E-state index contributed by atoms with van der Waals surface area (Å²) in [5.74, 6) is 0. The minimum atomic E-state index is 0.882. The number of dihydropyridines is 1. The lowest BCUT2D eigenvalue weighted by atomic mass is 9.97. The SMILES string of the molecule is C1=CNCC(c2cccc(-c3cccc4c3sc3ccccc34)c2)=C1. The number of allylic oxidation sites excluding steroid dienone is 2. The monoisotopic (exact) mass is 339 g/mol. The van der Waals surface area contributed by atoms with E-state index in [1.165, 1.54) is 42.4 Å². The van der Waals surface area contributed by atoms with Crippen molar-refractivity contribution in [1.82, 2.24) is 5.32 Å². The van der Waals surface area contributed by atoms with E-state index in [-0.39, 0.29) is 0 Å². The Hall–Kier alpha value is -2.84. The summed E-state index contributed by atoms with van der Waals surface area (Å²) in [6.07, 6.45) is 6.25. The van der Waals surface area contributed by atoms with E-state index >= 15 is 0 Å². The average Bonchev–Trinajstić information content (AvgIpc) is 3.07. The molecule has 4 aromatic rings. The van der Waals surface area contributed by atoms with Crippen molar-refractivity contribution in [2.45, 2.75) is 0 Å². The Morgan fingerprint density at radius 2 is 1.64 bits per heavy atom. The van der Waals surface area contributed by atoms with E-state index in [1.807, 2.05) is 17.5 Å². The first-order valence-corrected chi connectivity index (χ1v) is 9.32. The van der Waals surface area contributed by atoms with Gasteiger partial charge in [0.15, 0.2) is 0 Å². The maximum Gasteiger partial charge on any atom is 0.0433 e. The van der Waals surface area contributed by atoms with Gasteiger partial charge < -0.3 is 5.32 Å². The fraction of sp³-hybridized carbons (Fsp3) is 0.0435. The molecule has 2 heteroatoms. The number of nitrogens with one attached hydrogen (secondary N) is 1. The van der Waals surface area contributed by atoms with Gasteiger partial charge in [0.2, 0.25) is 0 Å². The fourth-order valence-corrected chi connectivity index (χ4v) is 4.76. The molecule has 0 unspecified atom stereocenters. The van der Waals surface area contributed by atoms with Gasteiger partial charge in [-0.1, -0.05) is 60.7 Å². The van der Waals surface area contributed by atoms with Crippen LogP contribution in [0.25, 0.3) is 36.9 Å². The first-order chi connectivity index (χ1) is 12.4. The van der Waals surface area contributed by atoms with Crippen LogP contribution in [0.3, 0.4) is 0 Å². The third kappa shape index (κ3) is 2.46. The molecule has 1 nitrogen and oxygen atoms in total. The predicted molar refractivity (Wildman–Crippen MR) is 110 cm³/mol. The summed E-state index contributed by atoms with van der Waals surface area (Å²) >= 11 is 1.89. The van der Waals surface area contributed by atoms with Crippen LogP contribution in [0.2, 0.25) is 0 Å². The third-order valence-electron chi connectivity index (χ3n) is 4.75. The van der Waals surface area contributed by atoms with Crippen LogP contribution in [-0.4, -0.2) is 6.54 Å². The molecule has 0 spiro atoms. The van der Waals surface area contributed by atoms with E-state index in [2.05, 4.69) is 84.2 Å². The first-order valence-electron chi connectivity index (χ1n) is 8.50. The molecule has 120 valence electrons. The van der Waals surface area contributed by atoms with Crippen LogP contribution in [0.1, 0.15) is 5.56 Å².